The van der Waals surface area contributed by atoms with Crippen LogP contribution in [0.25, 0.3) is 0 Å². The molecule has 0 aliphatic heterocycles. The van der Waals surface area contributed by atoms with Crippen molar-refractivity contribution in [3.63, 3.8) is 0 Å². The maximum atomic E-state index is 11.8. The van der Waals surface area contributed by atoms with Crippen molar-refractivity contribution in [1.82, 2.24) is 4.98 Å². The molecule has 0 amide bonds. The van der Waals surface area contributed by atoms with Gasteiger partial charge in [0, 0.05) is 17.9 Å². The van der Waals surface area contributed by atoms with E-state index in [2.05, 4.69) is 12.1 Å². The van der Waals surface area contributed by atoms with Crippen LogP contribution in [0.4, 0.5) is 0 Å². The van der Waals surface area contributed by atoms with E-state index >= 15 is 0 Å². The highest BCUT2D eigenvalue weighted by atomic mass is 32.2. The van der Waals surface area contributed by atoms with Gasteiger partial charge in [0.15, 0.2) is 0 Å². The molecule has 0 saturated heterocycles. The Labute approximate surface area is 254 Å². The van der Waals surface area contributed by atoms with Gasteiger partial charge in [-0.25, -0.2) is 4.79 Å². The van der Waals surface area contributed by atoms with Crippen molar-refractivity contribution in [2.45, 2.75) is 75.7 Å². The van der Waals surface area contributed by atoms with E-state index in [0.717, 1.165) is 53.5 Å². The van der Waals surface area contributed by atoms with Gasteiger partial charge in [-0.15, -0.1) is 0 Å². The fourth-order valence-electron chi connectivity index (χ4n) is 4.62. The molecule has 0 atom stereocenters. The summed E-state index contributed by atoms with van der Waals surface area (Å²) in [7, 11) is 3.07. The van der Waals surface area contributed by atoms with E-state index in [0.29, 0.717) is 30.8 Å². The zero-order valence-electron chi connectivity index (χ0n) is 24.8. The first-order valence-electron chi connectivity index (χ1n) is 14.7. The Morgan fingerprint density at radius 2 is 1.57 bits per heavy atom. The number of methoxy groups -OCH3 is 2. The van der Waals surface area contributed by atoms with Crippen molar-refractivity contribution in [2.24, 2.45) is 0 Å². The first-order chi connectivity index (χ1) is 20.5. The van der Waals surface area contributed by atoms with Crippen LogP contribution in [-0.2, 0) is 33.9 Å². The predicted molar refractivity (Wildman–Crippen MR) is 167 cm³/mol. The van der Waals surface area contributed by atoms with Gasteiger partial charge in [0.25, 0.3) is 0 Å². The third-order valence-corrected chi connectivity index (χ3v) is 7.97. The predicted octanol–water partition coefficient (Wildman–Crippen LogP) is 7.68. The standard InChI is InChI=1S/C34H43NO6S/c1-39-30-19-16-26(17-20-30)11-7-5-3-4-6-8-22-41-32-21-18-29(35-31(32)14-10-15-33(36)37)25-42-24-27-12-9-13-28(23-27)34(38)40-2/h9,12-13,16-21,23H,3-8,10-11,14-15,22,24-25H2,1-2H3,(H,36,37). The van der Waals surface area contributed by atoms with E-state index in [1.807, 2.05) is 42.5 Å². The number of unbranched alkanes of at least 4 members (excludes halogenated alkanes) is 5. The Kier molecular flexibility index (Phi) is 14.8. The molecule has 7 nitrogen and oxygen atoms in total. The molecule has 3 aromatic rings. The minimum Gasteiger partial charge on any atom is -0.497 e. The van der Waals surface area contributed by atoms with E-state index in [9.17, 15) is 9.59 Å². The smallest absolute Gasteiger partial charge is 0.337 e. The number of benzene rings is 2. The summed E-state index contributed by atoms with van der Waals surface area (Å²) in [6, 6.07) is 19.7. The lowest BCUT2D eigenvalue weighted by Crippen LogP contribution is -2.05. The van der Waals surface area contributed by atoms with Crippen molar-refractivity contribution in [2.75, 3.05) is 20.8 Å². The van der Waals surface area contributed by atoms with E-state index in [1.165, 1.54) is 38.4 Å². The summed E-state index contributed by atoms with van der Waals surface area (Å²) in [5.74, 6) is 1.94. The van der Waals surface area contributed by atoms with Crippen LogP contribution in [0.15, 0.2) is 60.7 Å². The van der Waals surface area contributed by atoms with Gasteiger partial charge >= 0.3 is 11.9 Å². The van der Waals surface area contributed by atoms with Crippen LogP contribution >= 0.6 is 11.8 Å². The summed E-state index contributed by atoms with van der Waals surface area (Å²) in [5.41, 5.74) is 4.69. The fourth-order valence-corrected chi connectivity index (χ4v) is 5.51. The number of aromatic nitrogens is 1. The Balaban J connectivity index is 1.39. The molecule has 3 rings (SSSR count). The third kappa shape index (κ3) is 12.1. The largest absolute Gasteiger partial charge is 0.497 e. The monoisotopic (exact) mass is 593 g/mol. The van der Waals surface area contributed by atoms with E-state index in [4.69, 9.17) is 24.3 Å². The Morgan fingerprint density at radius 1 is 0.810 bits per heavy atom. The van der Waals surface area contributed by atoms with Crippen LogP contribution in [0, 0.1) is 0 Å². The van der Waals surface area contributed by atoms with Gasteiger partial charge in [0.05, 0.1) is 37.8 Å². The Bertz CT molecular complexity index is 1250. The molecule has 1 heterocycles. The first kappa shape index (κ1) is 33.0. The minimum absolute atomic E-state index is 0.106. The third-order valence-electron chi connectivity index (χ3n) is 6.94. The molecular formula is C34H43NO6S. The van der Waals surface area contributed by atoms with Gasteiger partial charge in [-0.3, -0.25) is 9.78 Å². The summed E-state index contributed by atoms with van der Waals surface area (Å²) in [6.45, 7) is 0.629. The number of thioether (sulfide) groups is 1. The maximum absolute atomic E-state index is 11.8. The summed E-state index contributed by atoms with van der Waals surface area (Å²) >= 11 is 1.71. The second-order valence-electron chi connectivity index (χ2n) is 10.2. The normalized spacial score (nSPS) is 10.8. The average molecular weight is 594 g/mol. The van der Waals surface area contributed by atoms with Gasteiger partial charge < -0.3 is 19.3 Å². The SMILES string of the molecule is COC(=O)c1cccc(CSCc2ccc(OCCCCCCCCc3ccc(OC)cc3)c(CCCC(=O)O)n2)c1. The Hall–Kier alpha value is -3.52. The zero-order valence-corrected chi connectivity index (χ0v) is 25.6. The second kappa shape index (κ2) is 18.8. The number of nitrogens with zero attached hydrogens (tertiary/aromatic N) is 1. The number of carboxylic acid groups (broad SMARTS) is 1. The summed E-state index contributed by atoms with van der Waals surface area (Å²) in [5, 5.41) is 9.08. The minimum atomic E-state index is -0.803. The van der Waals surface area contributed by atoms with Crippen molar-refractivity contribution < 1.29 is 28.9 Å². The number of aryl methyl sites for hydroxylation is 2. The molecule has 0 aliphatic carbocycles. The number of hydrogen-bond acceptors (Lipinski definition) is 7. The number of aliphatic carboxylic acids is 1. The van der Waals surface area contributed by atoms with Crippen molar-refractivity contribution in [1.29, 1.82) is 0 Å². The van der Waals surface area contributed by atoms with Crippen LogP contribution in [-0.4, -0.2) is 42.9 Å². The number of ether oxygens (including phenoxy) is 3. The molecule has 0 spiro atoms. The molecule has 0 aliphatic rings. The number of pyridine rings is 1. The maximum Gasteiger partial charge on any atom is 0.337 e. The molecule has 0 saturated carbocycles. The number of carboxylic acids is 1. The number of hydrogen-bond donors (Lipinski definition) is 1. The molecular weight excluding hydrogens is 550 g/mol. The van der Waals surface area contributed by atoms with Crippen molar-refractivity contribution >= 4 is 23.7 Å². The van der Waals surface area contributed by atoms with Gasteiger partial charge in [0.1, 0.15) is 11.5 Å². The topological polar surface area (TPSA) is 95.0 Å². The number of rotatable bonds is 20. The molecule has 226 valence electrons. The summed E-state index contributed by atoms with van der Waals surface area (Å²) in [4.78, 5) is 27.7. The first-order valence-corrected chi connectivity index (χ1v) is 15.8. The highest BCUT2D eigenvalue weighted by Crippen LogP contribution is 2.24. The molecule has 8 heteroatoms. The second-order valence-corrected chi connectivity index (χ2v) is 11.2. The van der Waals surface area contributed by atoms with Crippen molar-refractivity contribution in [3.8, 4) is 11.5 Å². The molecule has 2 aromatic carbocycles. The molecule has 42 heavy (non-hydrogen) atoms. The molecule has 1 N–H and O–H groups in total. The van der Waals surface area contributed by atoms with E-state index < -0.39 is 5.97 Å². The van der Waals surface area contributed by atoms with Crippen LogP contribution in [0.1, 0.15) is 84.2 Å². The van der Waals surface area contributed by atoms with Gasteiger partial charge in [0.2, 0.25) is 0 Å². The van der Waals surface area contributed by atoms with Crippen molar-refractivity contribution in [3.05, 3.63) is 88.7 Å². The average Bonchev–Trinajstić information content (AvgIpc) is 3.01. The lowest BCUT2D eigenvalue weighted by molar-refractivity contribution is -0.137. The molecule has 0 unspecified atom stereocenters. The zero-order chi connectivity index (χ0) is 30.0. The molecule has 0 fully saturated rings. The lowest BCUT2D eigenvalue weighted by atomic mass is 10.0. The summed E-state index contributed by atoms with van der Waals surface area (Å²) in [6.07, 6.45) is 9.22. The van der Waals surface area contributed by atoms with Gasteiger partial charge in [-0.2, -0.15) is 11.8 Å². The number of esters is 1. The summed E-state index contributed by atoms with van der Waals surface area (Å²) < 4.78 is 16.1. The van der Waals surface area contributed by atoms with Gasteiger partial charge in [-0.1, -0.05) is 49.9 Å². The van der Waals surface area contributed by atoms with Crippen LogP contribution in [0.2, 0.25) is 0 Å². The lowest BCUT2D eigenvalue weighted by Gasteiger charge is -2.13. The quantitative estimate of drug-likeness (QED) is 0.105. The van der Waals surface area contributed by atoms with Crippen LogP contribution in [0.5, 0.6) is 11.5 Å². The fraction of sp³-hybridized carbons (Fsp3) is 0.441. The number of carbonyl (C=O) groups excluding carboxylic acids is 1. The van der Waals surface area contributed by atoms with Crippen LogP contribution < -0.4 is 9.47 Å². The number of carbonyl (C=O) groups is 2. The molecule has 1 aromatic heterocycles. The van der Waals surface area contributed by atoms with E-state index in [1.54, 1.807) is 24.9 Å². The highest BCUT2D eigenvalue weighted by Gasteiger charge is 2.10. The molecule has 0 bridgehead atoms. The Morgan fingerprint density at radius 3 is 2.31 bits per heavy atom. The van der Waals surface area contributed by atoms with E-state index in [-0.39, 0.29) is 12.4 Å². The van der Waals surface area contributed by atoms with Gasteiger partial charge in [-0.05, 0) is 79.6 Å². The van der Waals surface area contributed by atoms with Crippen LogP contribution in [0.3, 0.4) is 0 Å². The molecule has 0 radical (unpaired) electrons. The highest BCUT2D eigenvalue weighted by molar-refractivity contribution is 7.97.